The molecule has 156 valence electrons. The Kier molecular flexibility index (Phi) is 7.40. The second kappa shape index (κ2) is 9.99. The number of likely N-dealkylation sites (N-methyl/N-ethyl adjacent to an activating group) is 1. The van der Waals surface area contributed by atoms with Gasteiger partial charge in [-0.15, -0.1) is 0 Å². The molecule has 1 fully saturated rings. The fourth-order valence-corrected chi connectivity index (χ4v) is 3.96. The van der Waals surface area contributed by atoms with Gasteiger partial charge in [0.2, 0.25) is 5.91 Å². The van der Waals surface area contributed by atoms with Crippen LogP contribution in [-0.4, -0.2) is 60.0 Å². The predicted molar refractivity (Wildman–Crippen MR) is 116 cm³/mol. The molecular formula is C24H33N3O2. The van der Waals surface area contributed by atoms with Crippen molar-refractivity contribution < 1.29 is 9.53 Å². The van der Waals surface area contributed by atoms with E-state index in [9.17, 15) is 4.79 Å². The lowest BCUT2D eigenvalue weighted by atomic mass is 9.99. The topological polar surface area (TPSA) is 45.7 Å². The van der Waals surface area contributed by atoms with Gasteiger partial charge in [0, 0.05) is 31.9 Å². The van der Waals surface area contributed by atoms with E-state index in [1.807, 2.05) is 25.7 Å². The molecule has 0 spiro atoms. The third kappa shape index (κ3) is 5.64. The molecule has 3 rings (SSSR count). The highest BCUT2D eigenvalue weighted by Gasteiger charge is 2.26. The van der Waals surface area contributed by atoms with E-state index in [4.69, 9.17) is 9.72 Å². The van der Waals surface area contributed by atoms with Crippen LogP contribution in [0.25, 0.3) is 0 Å². The summed E-state index contributed by atoms with van der Waals surface area (Å²) in [6.45, 7) is 12.3. The molecule has 0 unspecified atom stereocenters. The molecule has 5 heteroatoms. The summed E-state index contributed by atoms with van der Waals surface area (Å²) in [5, 5.41) is 0. The van der Waals surface area contributed by atoms with Gasteiger partial charge in [-0.2, -0.15) is 0 Å². The molecule has 5 nitrogen and oxygen atoms in total. The van der Waals surface area contributed by atoms with Crippen molar-refractivity contribution in [2.24, 2.45) is 0 Å². The van der Waals surface area contributed by atoms with E-state index >= 15 is 0 Å². The second-order valence-corrected chi connectivity index (χ2v) is 7.81. The molecule has 0 aliphatic carbocycles. The lowest BCUT2D eigenvalue weighted by Crippen LogP contribution is -2.45. The van der Waals surface area contributed by atoms with Crippen LogP contribution in [0.1, 0.15) is 48.0 Å². The number of hydrogen-bond donors (Lipinski definition) is 0. The standard InChI is InChI=1S/C24H33N3O2/c1-5-27(6-2)24(28)17-26-11-12-29-23(16-26)22-15-20(13-19(4)25-22)14-21-10-8-7-9-18(21)3/h7-10,13,15,23H,5-6,11-12,14,16-17H2,1-4H3/t23-/m0/s1. The van der Waals surface area contributed by atoms with Crippen LogP contribution in [0.2, 0.25) is 0 Å². The van der Waals surface area contributed by atoms with Crippen molar-refractivity contribution in [3.63, 3.8) is 0 Å². The Labute approximate surface area is 174 Å². The molecule has 1 aliphatic rings. The molecule has 2 heterocycles. The van der Waals surface area contributed by atoms with Crippen molar-refractivity contribution in [3.05, 3.63) is 64.5 Å². The average Bonchev–Trinajstić information content (AvgIpc) is 2.70. The first-order valence-electron chi connectivity index (χ1n) is 10.6. The predicted octanol–water partition coefficient (Wildman–Crippen LogP) is 3.53. The number of amides is 1. The van der Waals surface area contributed by atoms with Crippen molar-refractivity contribution in [2.45, 2.75) is 40.2 Å². The SMILES string of the molecule is CCN(CC)C(=O)CN1CCO[C@H](c2cc(Cc3ccccc3C)cc(C)n2)C1. The van der Waals surface area contributed by atoms with Gasteiger partial charge in [-0.3, -0.25) is 14.7 Å². The summed E-state index contributed by atoms with van der Waals surface area (Å²) >= 11 is 0. The highest BCUT2D eigenvalue weighted by molar-refractivity contribution is 5.78. The monoisotopic (exact) mass is 395 g/mol. The Bertz CT molecular complexity index is 833. The maximum atomic E-state index is 12.5. The van der Waals surface area contributed by atoms with Crippen LogP contribution in [0.5, 0.6) is 0 Å². The summed E-state index contributed by atoms with van der Waals surface area (Å²) < 4.78 is 6.04. The average molecular weight is 396 g/mol. The Hall–Kier alpha value is -2.24. The first-order chi connectivity index (χ1) is 14.0. The smallest absolute Gasteiger partial charge is 0.236 e. The number of benzene rings is 1. The van der Waals surface area contributed by atoms with Gasteiger partial charge in [-0.05, 0) is 62.9 Å². The van der Waals surface area contributed by atoms with Gasteiger partial charge in [0.15, 0.2) is 0 Å². The third-order valence-corrected chi connectivity index (χ3v) is 5.64. The fourth-order valence-electron chi connectivity index (χ4n) is 3.96. The maximum absolute atomic E-state index is 12.5. The number of carbonyl (C=O) groups excluding carboxylic acids is 1. The molecule has 1 saturated heterocycles. The van der Waals surface area contributed by atoms with Gasteiger partial charge in [0.25, 0.3) is 0 Å². The minimum Gasteiger partial charge on any atom is -0.369 e. The summed E-state index contributed by atoms with van der Waals surface area (Å²) in [5.74, 6) is 0.188. The van der Waals surface area contributed by atoms with Crippen molar-refractivity contribution in [1.29, 1.82) is 0 Å². The molecule has 0 radical (unpaired) electrons. The van der Waals surface area contributed by atoms with Gasteiger partial charge in [-0.1, -0.05) is 24.3 Å². The van der Waals surface area contributed by atoms with E-state index in [2.05, 4.69) is 48.2 Å². The molecular weight excluding hydrogens is 362 g/mol. The largest absolute Gasteiger partial charge is 0.369 e. The quantitative estimate of drug-likeness (QED) is 0.719. The fraction of sp³-hybridized carbons (Fsp3) is 0.500. The van der Waals surface area contributed by atoms with Gasteiger partial charge in [-0.25, -0.2) is 0 Å². The van der Waals surface area contributed by atoms with Crippen molar-refractivity contribution >= 4 is 5.91 Å². The number of pyridine rings is 1. The van der Waals surface area contributed by atoms with E-state index in [1.54, 1.807) is 0 Å². The van der Waals surface area contributed by atoms with Crippen molar-refractivity contribution in [3.8, 4) is 0 Å². The Morgan fingerprint density at radius 1 is 1.21 bits per heavy atom. The molecule has 2 aromatic rings. The number of hydrogen-bond acceptors (Lipinski definition) is 4. The van der Waals surface area contributed by atoms with Crippen LogP contribution in [-0.2, 0) is 16.0 Å². The molecule has 1 aromatic carbocycles. The van der Waals surface area contributed by atoms with E-state index < -0.39 is 0 Å². The molecule has 1 amide bonds. The summed E-state index contributed by atoms with van der Waals surface area (Å²) in [6.07, 6.45) is 0.795. The molecule has 1 aliphatic heterocycles. The third-order valence-electron chi connectivity index (χ3n) is 5.64. The number of carbonyl (C=O) groups is 1. The van der Waals surface area contributed by atoms with Crippen LogP contribution >= 0.6 is 0 Å². The number of aryl methyl sites for hydroxylation is 2. The minimum atomic E-state index is -0.0937. The lowest BCUT2D eigenvalue weighted by molar-refractivity contribution is -0.134. The molecule has 0 bridgehead atoms. The number of aromatic nitrogens is 1. The Morgan fingerprint density at radius 2 is 1.97 bits per heavy atom. The summed E-state index contributed by atoms with van der Waals surface area (Å²) in [7, 11) is 0. The molecule has 1 atom stereocenters. The van der Waals surface area contributed by atoms with E-state index in [1.165, 1.54) is 16.7 Å². The van der Waals surface area contributed by atoms with Gasteiger partial charge >= 0.3 is 0 Å². The molecule has 29 heavy (non-hydrogen) atoms. The number of rotatable bonds is 7. The number of nitrogens with zero attached hydrogens (tertiary/aromatic N) is 3. The van der Waals surface area contributed by atoms with Crippen LogP contribution < -0.4 is 0 Å². The van der Waals surface area contributed by atoms with Crippen LogP contribution in [0.3, 0.4) is 0 Å². The first kappa shape index (κ1) is 21.5. The number of morpholine rings is 1. The Morgan fingerprint density at radius 3 is 2.69 bits per heavy atom. The van der Waals surface area contributed by atoms with Crippen molar-refractivity contribution in [1.82, 2.24) is 14.8 Å². The zero-order chi connectivity index (χ0) is 20.8. The summed E-state index contributed by atoms with van der Waals surface area (Å²) in [6, 6.07) is 12.8. The highest BCUT2D eigenvalue weighted by Crippen LogP contribution is 2.24. The summed E-state index contributed by atoms with van der Waals surface area (Å²) in [5.41, 5.74) is 5.86. The maximum Gasteiger partial charge on any atom is 0.236 e. The van der Waals surface area contributed by atoms with Crippen LogP contribution in [0.4, 0.5) is 0 Å². The van der Waals surface area contributed by atoms with E-state index in [-0.39, 0.29) is 12.0 Å². The number of ether oxygens (including phenoxy) is 1. The van der Waals surface area contributed by atoms with Gasteiger partial charge in [0.05, 0.1) is 18.8 Å². The lowest BCUT2D eigenvalue weighted by Gasteiger charge is -2.33. The molecule has 1 aromatic heterocycles. The van der Waals surface area contributed by atoms with Gasteiger partial charge in [0.1, 0.15) is 6.10 Å². The minimum absolute atomic E-state index is 0.0937. The molecule has 0 saturated carbocycles. The normalized spacial score (nSPS) is 17.3. The van der Waals surface area contributed by atoms with Gasteiger partial charge < -0.3 is 9.64 Å². The van der Waals surface area contributed by atoms with Crippen molar-refractivity contribution in [2.75, 3.05) is 39.3 Å². The van der Waals surface area contributed by atoms with E-state index in [0.717, 1.165) is 37.4 Å². The molecule has 0 N–H and O–H groups in total. The Balaban J connectivity index is 1.72. The summed E-state index contributed by atoms with van der Waals surface area (Å²) in [4.78, 5) is 21.3. The second-order valence-electron chi connectivity index (χ2n) is 7.81. The van der Waals surface area contributed by atoms with E-state index in [0.29, 0.717) is 19.7 Å². The zero-order valence-electron chi connectivity index (χ0n) is 18.1. The van der Waals surface area contributed by atoms with Crippen LogP contribution in [0.15, 0.2) is 36.4 Å². The van der Waals surface area contributed by atoms with Crippen LogP contribution in [0, 0.1) is 13.8 Å². The first-order valence-corrected chi connectivity index (χ1v) is 10.6. The highest BCUT2D eigenvalue weighted by atomic mass is 16.5. The zero-order valence-corrected chi connectivity index (χ0v) is 18.1.